The lowest BCUT2D eigenvalue weighted by atomic mass is 9.44. The Morgan fingerprint density at radius 3 is 2.76 bits per heavy atom. The standard InChI is InChI=1S/C30H41ClN2O/c1-29-15-4-3-8-21(29)17-25(34)27-22-13-12-20(30(22,2)16-14-23(27)29)9-6-11-26-32-18-19-7-5-10-24(31)28(19)33-26/h5,7,10,18,20-23,25,27,34H,3-4,6,8-9,11-17H2,1-2H3. The van der Waals surface area contributed by atoms with Crippen LogP contribution in [0.25, 0.3) is 10.9 Å². The van der Waals surface area contributed by atoms with E-state index in [0.29, 0.717) is 27.7 Å². The van der Waals surface area contributed by atoms with Gasteiger partial charge in [0.1, 0.15) is 5.82 Å². The van der Waals surface area contributed by atoms with E-state index in [-0.39, 0.29) is 6.10 Å². The lowest BCUT2D eigenvalue weighted by molar-refractivity contribution is -0.162. The van der Waals surface area contributed by atoms with Crippen LogP contribution >= 0.6 is 11.6 Å². The van der Waals surface area contributed by atoms with E-state index in [0.717, 1.165) is 53.7 Å². The van der Waals surface area contributed by atoms with Gasteiger partial charge in [-0.2, -0.15) is 0 Å². The molecule has 34 heavy (non-hydrogen) atoms. The highest BCUT2D eigenvalue weighted by Gasteiger charge is 2.61. The highest BCUT2D eigenvalue weighted by molar-refractivity contribution is 6.34. The van der Waals surface area contributed by atoms with Crippen molar-refractivity contribution >= 4 is 22.5 Å². The molecule has 0 spiro atoms. The summed E-state index contributed by atoms with van der Waals surface area (Å²) >= 11 is 6.37. The van der Waals surface area contributed by atoms with Crippen molar-refractivity contribution in [1.82, 2.24) is 9.97 Å². The van der Waals surface area contributed by atoms with Gasteiger partial charge in [-0.15, -0.1) is 0 Å². The quantitative estimate of drug-likeness (QED) is 0.489. The van der Waals surface area contributed by atoms with Crippen molar-refractivity contribution in [1.29, 1.82) is 0 Å². The minimum atomic E-state index is -0.0692. The normalized spacial score (nSPS) is 41.6. The Kier molecular flexibility index (Phi) is 5.96. The smallest absolute Gasteiger partial charge is 0.129 e. The number of aliphatic hydroxyl groups is 1. The molecule has 4 saturated carbocycles. The van der Waals surface area contributed by atoms with Gasteiger partial charge in [0.25, 0.3) is 0 Å². The largest absolute Gasteiger partial charge is 0.393 e. The van der Waals surface area contributed by atoms with Crippen LogP contribution in [-0.4, -0.2) is 21.2 Å². The molecule has 8 atom stereocenters. The van der Waals surface area contributed by atoms with Crippen molar-refractivity contribution in [3.8, 4) is 0 Å². The molecule has 184 valence electrons. The SMILES string of the molecule is CC12CCC3C(C(O)CC4CCCCC43C)C1CCC2CCCc1ncc2cccc(Cl)c2n1. The zero-order valence-corrected chi connectivity index (χ0v) is 21.7. The average molecular weight is 481 g/mol. The number of para-hydroxylation sites is 1. The van der Waals surface area contributed by atoms with Crippen LogP contribution in [0.1, 0.15) is 90.3 Å². The second-order valence-electron chi connectivity index (χ2n) is 12.7. The van der Waals surface area contributed by atoms with Crippen LogP contribution < -0.4 is 0 Å². The Hall–Kier alpha value is -1.19. The first-order chi connectivity index (χ1) is 16.4. The van der Waals surface area contributed by atoms with Crippen molar-refractivity contribution in [2.24, 2.45) is 40.4 Å². The van der Waals surface area contributed by atoms with Crippen LogP contribution in [0.4, 0.5) is 0 Å². The first-order valence-corrected chi connectivity index (χ1v) is 14.4. The van der Waals surface area contributed by atoms with E-state index in [1.807, 2.05) is 24.4 Å². The summed E-state index contributed by atoms with van der Waals surface area (Å²) in [5.74, 6) is 4.44. The number of benzene rings is 1. The van der Waals surface area contributed by atoms with Crippen LogP contribution in [0.15, 0.2) is 24.4 Å². The molecule has 3 nitrogen and oxygen atoms in total. The Morgan fingerprint density at radius 2 is 1.88 bits per heavy atom. The molecule has 2 aromatic rings. The number of aryl methyl sites for hydroxylation is 1. The predicted molar refractivity (Wildman–Crippen MR) is 139 cm³/mol. The van der Waals surface area contributed by atoms with Gasteiger partial charge < -0.3 is 5.11 Å². The summed E-state index contributed by atoms with van der Waals surface area (Å²) < 4.78 is 0. The van der Waals surface area contributed by atoms with Gasteiger partial charge in [0, 0.05) is 18.0 Å². The summed E-state index contributed by atoms with van der Waals surface area (Å²) in [7, 11) is 0. The van der Waals surface area contributed by atoms with E-state index in [4.69, 9.17) is 16.6 Å². The van der Waals surface area contributed by atoms with Crippen LogP contribution in [-0.2, 0) is 6.42 Å². The summed E-state index contributed by atoms with van der Waals surface area (Å²) in [5.41, 5.74) is 1.75. The first-order valence-electron chi connectivity index (χ1n) is 14.0. The monoisotopic (exact) mass is 480 g/mol. The molecular weight excluding hydrogens is 440 g/mol. The van der Waals surface area contributed by atoms with Gasteiger partial charge in [-0.3, -0.25) is 0 Å². The van der Waals surface area contributed by atoms with E-state index in [1.165, 1.54) is 57.8 Å². The molecule has 0 amide bonds. The lowest BCUT2D eigenvalue weighted by Gasteiger charge is -2.62. The summed E-state index contributed by atoms with van der Waals surface area (Å²) in [5, 5.41) is 13.1. The number of aromatic nitrogens is 2. The molecule has 1 aromatic carbocycles. The second kappa shape index (κ2) is 8.73. The Labute approximate surface area is 210 Å². The van der Waals surface area contributed by atoms with E-state index in [2.05, 4.69) is 18.8 Å². The van der Waals surface area contributed by atoms with Gasteiger partial charge in [0.2, 0.25) is 0 Å². The third kappa shape index (κ3) is 3.63. The molecule has 4 heteroatoms. The van der Waals surface area contributed by atoms with Crippen molar-refractivity contribution in [2.75, 3.05) is 0 Å². The maximum atomic E-state index is 11.4. The number of nitrogens with zero attached hydrogens (tertiary/aromatic N) is 2. The molecule has 0 radical (unpaired) electrons. The van der Waals surface area contributed by atoms with Gasteiger partial charge >= 0.3 is 0 Å². The Morgan fingerprint density at radius 1 is 1.03 bits per heavy atom. The molecule has 1 heterocycles. The maximum absolute atomic E-state index is 11.4. The first kappa shape index (κ1) is 23.2. The topological polar surface area (TPSA) is 46.0 Å². The van der Waals surface area contributed by atoms with Crippen molar-refractivity contribution < 1.29 is 5.11 Å². The zero-order chi connectivity index (χ0) is 23.5. The van der Waals surface area contributed by atoms with Gasteiger partial charge in [-0.05, 0) is 104 Å². The molecule has 1 aromatic heterocycles. The number of aliphatic hydroxyl groups excluding tert-OH is 1. The van der Waals surface area contributed by atoms with Gasteiger partial charge in [0.15, 0.2) is 0 Å². The van der Waals surface area contributed by atoms with Crippen LogP contribution in [0.2, 0.25) is 5.02 Å². The number of halogens is 1. The van der Waals surface area contributed by atoms with Crippen molar-refractivity contribution in [2.45, 2.75) is 97.0 Å². The molecule has 4 fully saturated rings. The fourth-order valence-corrected chi connectivity index (χ4v) is 9.75. The van der Waals surface area contributed by atoms with Gasteiger partial charge in [0.05, 0.1) is 16.6 Å². The molecular formula is C30H41ClN2O. The van der Waals surface area contributed by atoms with E-state index in [1.54, 1.807) is 0 Å². The molecule has 0 bridgehead atoms. The number of fused-ring (bicyclic) bond motifs is 6. The van der Waals surface area contributed by atoms with Crippen molar-refractivity contribution in [3.63, 3.8) is 0 Å². The molecule has 4 aliphatic carbocycles. The average Bonchev–Trinajstić information content (AvgIpc) is 3.16. The number of hydrogen-bond donors (Lipinski definition) is 1. The van der Waals surface area contributed by atoms with Gasteiger partial charge in [-0.1, -0.05) is 50.4 Å². The molecule has 0 aliphatic heterocycles. The fraction of sp³-hybridized carbons (Fsp3) is 0.733. The Balaban J connectivity index is 1.14. The third-order valence-corrected chi connectivity index (χ3v) is 11.7. The number of hydrogen-bond acceptors (Lipinski definition) is 3. The van der Waals surface area contributed by atoms with E-state index >= 15 is 0 Å². The molecule has 4 aliphatic rings. The van der Waals surface area contributed by atoms with Crippen LogP contribution in [0, 0.1) is 40.4 Å². The maximum Gasteiger partial charge on any atom is 0.129 e. The summed E-state index contributed by atoms with van der Waals surface area (Å²) in [6.07, 6.45) is 17.1. The third-order valence-electron chi connectivity index (χ3n) is 11.4. The summed E-state index contributed by atoms with van der Waals surface area (Å²) in [4.78, 5) is 9.39. The molecule has 1 N–H and O–H groups in total. The lowest BCUT2D eigenvalue weighted by Crippen LogP contribution is -2.57. The fourth-order valence-electron chi connectivity index (χ4n) is 9.52. The minimum absolute atomic E-state index is 0.0692. The molecule has 8 unspecified atom stereocenters. The molecule has 0 saturated heterocycles. The summed E-state index contributed by atoms with van der Waals surface area (Å²) in [6.45, 7) is 5.19. The predicted octanol–water partition coefficient (Wildman–Crippen LogP) is 7.63. The van der Waals surface area contributed by atoms with Crippen molar-refractivity contribution in [3.05, 3.63) is 35.2 Å². The second-order valence-corrected chi connectivity index (χ2v) is 13.1. The summed E-state index contributed by atoms with van der Waals surface area (Å²) in [6, 6.07) is 5.89. The van der Waals surface area contributed by atoms with E-state index < -0.39 is 0 Å². The zero-order valence-electron chi connectivity index (χ0n) is 21.0. The van der Waals surface area contributed by atoms with Crippen LogP contribution in [0.3, 0.4) is 0 Å². The Bertz CT molecular complexity index is 1060. The van der Waals surface area contributed by atoms with E-state index in [9.17, 15) is 5.11 Å². The minimum Gasteiger partial charge on any atom is -0.393 e. The number of rotatable bonds is 4. The molecule has 6 rings (SSSR count). The van der Waals surface area contributed by atoms with Gasteiger partial charge in [-0.25, -0.2) is 9.97 Å². The highest BCUT2D eigenvalue weighted by atomic mass is 35.5. The highest BCUT2D eigenvalue weighted by Crippen LogP contribution is 2.67. The van der Waals surface area contributed by atoms with Crippen LogP contribution in [0.5, 0.6) is 0 Å².